The van der Waals surface area contributed by atoms with Crippen molar-refractivity contribution < 1.29 is 14.7 Å². The highest BCUT2D eigenvalue weighted by atomic mass is 32.1. The van der Waals surface area contributed by atoms with Gasteiger partial charge in [-0.25, -0.2) is 4.98 Å². The SMILES string of the molecule is CC(NC(=O)[C@@H]1CCCC[C@@H]1C(=O)O)c1nccs1. The van der Waals surface area contributed by atoms with Gasteiger partial charge in [0.1, 0.15) is 5.01 Å². The van der Waals surface area contributed by atoms with Crippen LogP contribution in [-0.4, -0.2) is 22.0 Å². The second kappa shape index (κ2) is 6.14. The summed E-state index contributed by atoms with van der Waals surface area (Å²) < 4.78 is 0. The van der Waals surface area contributed by atoms with Crippen LogP contribution in [0.25, 0.3) is 0 Å². The number of hydrogen-bond acceptors (Lipinski definition) is 4. The molecule has 0 aromatic carbocycles. The summed E-state index contributed by atoms with van der Waals surface area (Å²) in [4.78, 5) is 27.6. The first-order valence-electron chi connectivity index (χ1n) is 6.52. The summed E-state index contributed by atoms with van der Waals surface area (Å²) in [6.07, 6.45) is 4.77. The Kier molecular flexibility index (Phi) is 4.52. The fraction of sp³-hybridized carbons (Fsp3) is 0.615. The zero-order valence-electron chi connectivity index (χ0n) is 10.8. The van der Waals surface area contributed by atoms with Gasteiger partial charge in [0.2, 0.25) is 5.91 Å². The number of amides is 1. The zero-order chi connectivity index (χ0) is 13.8. The Bertz CT molecular complexity index is 447. The van der Waals surface area contributed by atoms with E-state index in [1.165, 1.54) is 11.3 Å². The van der Waals surface area contributed by atoms with E-state index in [0.29, 0.717) is 12.8 Å². The van der Waals surface area contributed by atoms with Crippen molar-refractivity contribution in [1.29, 1.82) is 0 Å². The number of carboxylic acids is 1. The van der Waals surface area contributed by atoms with E-state index in [0.717, 1.165) is 17.8 Å². The minimum Gasteiger partial charge on any atom is -0.481 e. The monoisotopic (exact) mass is 282 g/mol. The van der Waals surface area contributed by atoms with E-state index in [2.05, 4.69) is 10.3 Å². The van der Waals surface area contributed by atoms with Gasteiger partial charge in [-0.1, -0.05) is 12.8 Å². The smallest absolute Gasteiger partial charge is 0.307 e. The van der Waals surface area contributed by atoms with Crippen molar-refractivity contribution in [3.63, 3.8) is 0 Å². The highest BCUT2D eigenvalue weighted by molar-refractivity contribution is 7.09. The summed E-state index contributed by atoms with van der Waals surface area (Å²) in [5.41, 5.74) is 0. The molecule has 1 aromatic rings. The normalized spacial score (nSPS) is 24.7. The molecule has 1 amide bonds. The third-order valence-corrected chi connectivity index (χ3v) is 4.56. The number of nitrogens with zero attached hydrogens (tertiary/aromatic N) is 1. The van der Waals surface area contributed by atoms with Crippen molar-refractivity contribution in [2.24, 2.45) is 11.8 Å². The molecule has 0 bridgehead atoms. The van der Waals surface area contributed by atoms with Gasteiger partial charge in [0, 0.05) is 11.6 Å². The van der Waals surface area contributed by atoms with Gasteiger partial charge in [-0.2, -0.15) is 0 Å². The van der Waals surface area contributed by atoms with E-state index in [1.54, 1.807) is 6.20 Å². The van der Waals surface area contributed by atoms with Crippen LogP contribution >= 0.6 is 11.3 Å². The van der Waals surface area contributed by atoms with Crippen LogP contribution in [0.4, 0.5) is 0 Å². The molecule has 0 saturated heterocycles. The summed E-state index contributed by atoms with van der Waals surface area (Å²) in [5, 5.41) is 14.8. The molecule has 0 spiro atoms. The van der Waals surface area contributed by atoms with Gasteiger partial charge in [-0.05, 0) is 19.8 Å². The second-order valence-electron chi connectivity index (χ2n) is 4.94. The summed E-state index contributed by atoms with van der Waals surface area (Å²) >= 11 is 1.48. The van der Waals surface area contributed by atoms with Gasteiger partial charge in [-0.3, -0.25) is 9.59 Å². The van der Waals surface area contributed by atoms with Gasteiger partial charge in [0.15, 0.2) is 0 Å². The number of thiazole rings is 1. The summed E-state index contributed by atoms with van der Waals surface area (Å²) in [6, 6.07) is -0.163. The Morgan fingerprint density at radius 1 is 1.42 bits per heavy atom. The highest BCUT2D eigenvalue weighted by Crippen LogP contribution is 2.31. The first-order chi connectivity index (χ1) is 9.09. The van der Waals surface area contributed by atoms with Crippen LogP contribution in [0.3, 0.4) is 0 Å². The van der Waals surface area contributed by atoms with Crippen molar-refractivity contribution in [3.05, 3.63) is 16.6 Å². The number of aromatic nitrogens is 1. The number of carbonyl (C=O) groups excluding carboxylic acids is 1. The first kappa shape index (κ1) is 14.0. The lowest BCUT2D eigenvalue weighted by molar-refractivity contribution is -0.149. The molecule has 1 fully saturated rings. The largest absolute Gasteiger partial charge is 0.481 e. The fourth-order valence-electron chi connectivity index (χ4n) is 2.57. The average Bonchev–Trinajstić information content (AvgIpc) is 2.92. The van der Waals surface area contributed by atoms with E-state index in [-0.39, 0.29) is 11.9 Å². The predicted octanol–water partition coefficient (Wildman–Crippen LogP) is 2.21. The quantitative estimate of drug-likeness (QED) is 0.887. The lowest BCUT2D eigenvalue weighted by atomic mass is 9.78. The maximum Gasteiger partial charge on any atom is 0.307 e. The molecular formula is C13H18N2O3S. The Morgan fingerprint density at radius 2 is 2.11 bits per heavy atom. The van der Waals surface area contributed by atoms with Crippen molar-refractivity contribution in [2.75, 3.05) is 0 Å². The van der Waals surface area contributed by atoms with Gasteiger partial charge < -0.3 is 10.4 Å². The minimum atomic E-state index is -0.859. The highest BCUT2D eigenvalue weighted by Gasteiger charge is 2.36. The van der Waals surface area contributed by atoms with E-state index in [4.69, 9.17) is 0 Å². The molecule has 1 heterocycles. The van der Waals surface area contributed by atoms with Gasteiger partial charge in [-0.15, -0.1) is 11.3 Å². The van der Waals surface area contributed by atoms with Gasteiger partial charge in [0.05, 0.1) is 17.9 Å². The third-order valence-electron chi connectivity index (χ3n) is 3.60. The number of hydrogen-bond donors (Lipinski definition) is 2. The van der Waals surface area contributed by atoms with Crippen LogP contribution in [-0.2, 0) is 9.59 Å². The molecule has 1 aliphatic carbocycles. The lowest BCUT2D eigenvalue weighted by Crippen LogP contribution is -2.40. The van der Waals surface area contributed by atoms with Gasteiger partial charge in [0.25, 0.3) is 0 Å². The minimum absolute atomic E-state index is 0.158. The van der Waals surface area contributed by atoms with E-state index in [9.17, 15) is 14.7 Å². The van der Waals surface area contributed by atoms with Crippen LogP contribution in [0.2, 0.25) is 0 Å². The summed E-state index contributed by atoms with van der Waals surface area (Å²) in [7, 11) is 0. The average molecular weight is 282 g/mol. The van der Waals surface area contributed by atoms with Crippen molar-refractivity contribution in [2.45, 2.75) is 38.6 Å². The van der Waals surface area contributed by atoms with Crippen molar-refractivity contribution >= 4 is 23.2 Å². The molecule has 6 heteroatoms. The number of carbonyl (C=O) groups is 2. The maximum absolute atomic E-state index is 12.2. The standard InChI is InChI=1S/C13H18N2O3S/c1-8(12-14-6-7-19-12)15-11(16)9-4-2-3-5-10(9)13(17)18/h6-10H,2-5H2,1H3,(H,15,16)(H,17,18)/t8?,9-,10+/m1/s1. The number of carboxylic acid groups (broad SMARTS) is 1. The Hall–Kier alpha value is -1.43. The van der Waals surface area contributed by atoms with E-state index in [1.807, 2.05) is 12.3 Å². The second-order valence-corrected chi connectivity index (χ2v) is 5.86. The number of nitrogens with one attached hydrogen (secondary N) is 1. The number of aliphatic carboxylic acids is 1. The molecule has 1 saturated carbocycles. The number of rotatable bonds is 4. The van der Waals surface area contributed by atoms with Crippen LogP contribution in [0.15, 0.2) is 11.6 Å². The molecule has 3 atom stereocenters. The van der Waals surface area contributed by atoms with Crippen LogP contribution in [0.5, 0.6) is 0 Å². The Balaban J connectivity index is 2.00. The third kappa shape index (κ3) is 3.32. The first-order valence-corrected chi connectivity index (χ1v) is 7.40. The lowest BCUT2D eigenvalue weighted by Gasteiger charge is -2.28. The van der Waals surface area contributed by atoms with Crippen LogP contribution in [0.1, 0.15) is 43.7 Å². The van der Waals surface area contributed by atoms with E-state index >= 15 is 0 Å². The molecule has 0 radical (unpaired) electrons. The topological polar surface area (TPSA) is 79.3 Å². The van der Waals surface area contributed by atoms with Crippen LogP contribution < -0.4 is 5.32 Å². The molecule has 0 aliphatic heterocycles. The van der Waals surface area contributed by atoms with Crippen molar-refractivity contribution in [3.8, 4) is 0 Å². The van der Waals surface area contributed by atoms with E-state index < -0.39 is 17.8 Å². The van der Waals surface area contributed by atoms with Gasteiger partial charge >= 0.3 is 5.97 Å². The predicted molar refractivity (Wildman–Crippen MR) is 71.8 cm³/mol. The molecule has 1 aromatic heterocycles. The van der Waals surface area contributed by atoms with Crippen LogP contribution in [0, 0.1) is 11.8 Å². The summed E-state index contributed by atoms with van der Waals surface area (Å²) in [5.74, 6) is -1.97. The molecular weight excluding hydrogens is 264 g/mol. The van der Waals surface area contributed by atoms with Crippen molar-refractivity contribution in [1.82, 2.24) is 10.3 Å². The molecule has 104 valence electrons. The Labute approximate surface area is 116 Å². The molecule has 19 heavy (non-hydrogen) atoms. The molecule has 1 unspecified atom stereocenters. The Morgan fingerprint density at radius 3 is 2.68 bits per heavy atom. The zero-order valence-corrected chi connectivity index (χ0v) is 11.7. The molecule has 2 rings (SSSR count). The maximum atomic E-state index is 12.2. The summed E-state index contributed by atoms with van der Waals surface area (Å²) in [6.45, 7) is 1.87. The molecule has 5 nitrogen and oxygen atoms in total. The fourth-order valence-corrected chi connectivity index (χ4v) is 3.22. The molecule has 1 aliphatic rings. The molecule has 2 N–H and O–H groups in total.